The van der Waals surface area contributed by atoms with Gasteiger partial charge in [-0.2, -0.15) is 18.3 Å². The van der Waals surface area contributed by atoms with Crippen molar-refractivity contribution in [3.05, 3.63) is 71.9 Å². The van der Waals surface area contributed by atoms with Crippen LogP contribution in [0.4, 0.5) is 24.7 Å². The van der Waals surface area contributed by atoms with E-state index in [4.69, 9.17) is 4.74 Å². The number of unbranched alkanes of at least 4 members (excludes halogenated alkanes) is 1. The number of hydrogen-bond acceptors (Lipinski definition) is 4. The van der Waals surface area contributed by atoms with Crippen LogP contribution in [0.3, 0.4) is 0 Å². The van der Waals surface area contributed by atoms with Gasteiger partial charge in [-0.15, -0.1) is 0 Å². The second-order valence-electron chi connectivity index (χ2n) is 7.19. The third kappa shape index (κ3) is 6.83. The van der Waals surface area contributed by atoms with Crippen molar-refractivity contribution in [3.63, 3.8) is 0 Å². The molecule has 2 amide bonds. The first-order valence-corrected chi connectivity index (χ1v) is 10.3. The molecule has 10 heteroatoms. The van der Waals surface area contributed by atoms with Gasteiger partial charge >= 0.3 is 6.18 Å². The number of nitrogens with zero attached hydrogens (tertiary/aromatic N) is 2. The van der Waals surface area contributed by atoms with E-state index in [1.165, 1.54) is 24.3 Å². The van der Waals surface area contributed by atoms with Crippen molar-refractivity contribution < 1.29 is 27.5 Å². The van der Waals surface area contributed by atoms with Crippen LogP contribution in [-0.2, 0) is 17.5 Å². The van der Waals surface area contributed by atoms with Crippen molar-refractivity contribution in [2.24, 2.45) is 0 Å². The van der Waals surface area contributed by atoms with Crippen LogP contribution in [0.25, 0.3) is 0 Å². The summed E-state index contributed by atoms with van der Waals surface area (Å²) in [7, 11) is 0. The number of rotatable bonds is 9. The highest BCUT2D eigenvalue weighted by Gasteiger charge is 2.30. The quantitative estimate of drug-likeness (QED) is 0.472. The van der Waals surface area contributed by atoms with Gasteiger partial charge in [-0.3, -0.25) is 9.59 Å². The van der Waals surface area contributed by atoms with Crippen molar-refractivity contribution in [2.45, 2.75) is 32.5 Å². The van der Waals surface area contributed by atoms with Crippen molar-refractivity contribution in [1.29, 1.82) is 0 Å². The standard InChI is InChI=1S/C23H23F3N4O3/c1-2-3-13-30-20(11-12-27-30)29-22(32)16-7-9-19(10-8-16)33-15-21(31)28-18-6-4-5-17(14-18)23(24,25)26/h4-12,14H,2-3,13,15H2,1H3,(H,28,31)(H,29,32). The lowest BCUT2D eigenvalue weighted by Gasteiger charge is -2.11. The Kier molecular flexibility index (Phi) is 7.70. The van der Waals surface area contributed by atoms with Crippen LogP contribution in [0.1, 0.15) is 35.7 Å². The minimum absolute atomic E-state index is 0.0172. The maximum Gasteiger partial charge on any atom is 0.416 e. The molecule has 33 heavy (non-hydrogen) atoms. The Labute approximate surface area is 188 Å². The highest BCUT2D eigenvalue weighted by molar-refractivity contribution is 6.03. The van der Waals surface area contributed by atoms with Gasteiger partial charge in [0.05, 0.1) is 11.8 Å². The summed E-state index contributed by atoms with van der Waals surface area (Å²) in [6.45, 7) is 2.37. The fourth-order valence-electron chi connectivity index (χ4n) is 2.94. The number of benzene rings is 2. The zero-order chi connectivity index (χ0) is 23.8. The molecule has 0 saturated heterocycles. The normalized spacial score (nSPS) is 11.2. The highest BCUT2D eigenvalue weighted by Crippen LogP contribution is 2.30. The van der Waals surface area contributed by atoms with Gasteiger partial charge < -0.3 is 15.4 Å². The predicted molar refractivity (Wildman–Crippen MR) is 117 cm³/mol. The maximum atomic E-state index is 12.8. The highest BCUT2D eigenvalue weighted by atomic mass is 19.4. The Hall–Kier alpha value is -3.82. The van der Waals surface area contributed by atoms with Crippen LogP contribution in [0, 0.1) is 0 Å². The van der Waals surface area contributed by atoms with Gasteiger partial charge in [-0.05, 0) is 48.9 Å². The predicted octanol–water partition coefficient (Wildman–Crippen LogP) is 4.97. The zero-order valence-electron chi connectivity index (χ0n) is 17.9. The molecular weight excluding hydrogens is 437 g/mol. The number of anilines is 2. The van der Waals surface area contributed by atoms with Gasteiger partial charge in [0, 0.05) is 23.9 Å². The minimum Gasteiger partial charge on any atom is -0.484 e. The van der Waals surface area contributed by atoms with Crippen LogP contribution in [0.5, 0.6) is 5.75 Å². The second-order valence-corrected chi connectivity index (χ2v) is 7.19. The molecule has 0 radical (unpaired) electrons. The summed E-state index contributed by atoms with van der Waals surface area (Å²) < 4.78 is 45.4. The van der Waals surface area contributed by atoms with E-state index in [-0.39, 0.29) is 11.6 Å². The van der Waals surface area contributed by atoms with Crippen LogP contribution in [0.2, 0.25) is 0 Å². The van der Waals surface area contributed by atoms with Gasteiger partial charge in [0.15, 0.2) is 6.61 Å². The van der Waals surface area contributed by atoms with Crippen LogP contribution in [0.15, 0.2) is 60.8 Å². The molecule has 7 nitrogen and oxygen atoms in total. The van der Waals surface area contributed by atoms with Gasteiger partial charge in [-0.1, -0.05) is 19.4 Å². The fraction of sp³-hybridized carbons (Fsp3) is 0.261. The topological polar surface area (TPSA) is 85.2 Å². The van der Waals surface area contributed by atoms with Crippen molar-refractivity contribution in [1.82, 2.24) is 9.78 Å². The van der Waals surface area contributed by atoms with E-state index < -0.39 is 24.3 Å². The number of aryl methyl sites for hydroxylation is 1. The van der Waals surface area contributed by atoms with Crippen LogP contribution in [-0.4, -0.2) is 28.2 Å². The summed E-state index contributed by atoms with van der Waals surface area (Å²) in [4.78, 5) is 24.5. The largest absolute Gasteiger partial charge is 0.484 e. The van der Waals surface area contributed by atoms with Gasteiger partial charge in [0.2, 0.25) is 0 Å². The van der Waals surface area contributed by atoms with E-state index in [2.05, 4.69) is 22.7 Å². The Morgan fingerprint density at radius 1 is 1.06 bits per heavy atom. The first-order chi connectivity index (χ1) is 15.8. The number of alkyl halides is 3. The van der Waals surface area contributed by atoms with Crippen LogP contribution < -0.4 is 15.4 Å². The number of nitrogens with one attached hydrogen (secondary N) is 2. The molecule has 0 unspecified atom stereocenters. The van der Waals surface area contributed by atoms with Gasteiger partial charge in [-0.25, -0.2) is 4.68 Å². The summed E-state index contributed by atoms with van der Waals surface area (Å²) in [5, 5.41) is 9.36. The lowest BCUT2D eigenvalue weighted by molar-refractivity contribution is -0.137. The van der Waals surface area contributed by atoms with Crippen LogP contribution >= 0.6 is 0 Å². The van der Waals surface area contributed by atoms with Crippen molar-refractivity contribution >= 4 is 23.3 Å². The molecule has 3 rings (SSSR count). The lowest BCUT2D eigenvalue weighted by atomic mass is 10.2. The first-order valence-electron chi connectivity index (χ1n) is 10.3. The molecule has 0 bridgehead atoms. The summed E-state index contributed by atoms with van der Waals surface area (Å²) >= 11 is 0. The van der Waals surface area contributed by atoms with E-state index in [1.54, 1.807) is 29.1 Å². The Balaban J connectivity index is 1.52. The van der Waals surface area contributed by atoms with E-state index in [0.29, 0.717) is 23.7 Å². The molecule has 0 fully saturated rings. The molecule has 2 aromatic carbocycles. The monoisotopic (exact) mass is 460 g/mol. The van der Waals surface area contributed by atoms with Gasteiger partial charge in [0.1, 0.15) is 11.6 Å². The molecule has 0 aliphatic heterocycles. The molecule has 3 aromatic rings. The van der Waals surface area contributed by atoms with E-state index >= 15 is 0 Å². The second kappa shape index (κ2) is 10.7. The Morgan fingerprint density at radius 2 is 1.82 bits per heavy atom. The summed E-state index contributed by atoms with van der Waals surface area (Å²) in [5.74, 6) is -0.00246. The molecule has 174 valence electrons. The SMILES string of the molecule is CCCCn1nccc1NC(=O)c1ccc(OCC(=O)Nc2cccc(C(F)(F)F)c2)cc1. The number of carbonyl (C=O) groups excluding carboxylic acids is 2. The maximum absolute atomic E-state index is 12.8. The van der Waals surface area contributed by atoms with E-state index in [1.807, 2.05) is 0 Å². The average molecular weight is 460 g/mol. The lowest BCUT2D eigenvalue weighted by Crippen LogP contribution is -2.20. The smallest absolute Gasteiger partial charge is 0.416 e. The van der Waals surface area contributed by atoms with Crippen molar-refractivity contribution in [3.8, 4) is 5.75 Å². The fourth-order valence-corrected chi connectivity index (χ4v) is 2.94. The number of hydrogen-bond donors (Lipinski definition) is 2. The minimum atomic E-state index is -4.50. The Bertz CT molecular complexity index is 1090. The molecule has 1 aromatic heterocycles. The summed E-state index contributed by atoms with van der Waals surface area (Å²) in [5.41, 5.74) is -0.453. The van der Waals surface area contributed by atoms with Crippen molar-refractivity contribution in [2.75, 3.05) is 17.2 Å². The third-order valence-corrected chi connectivity index (χ3v) is 4.64. The summed E-state index contributed by atoms with van der Waals surface area (Å²) in [6.07, 6.45) is -0.933. The molecule has 2 N–H and O–H groups in total. The van der Waals surface area contributed by atoms with E-state index in [0.717, 1.165) is 25.0 Å². The molecular formula is C23H23F3N4O3. The zero-order valence-corrected chi connectivity index (χ0v) is 17.9. The number of halogens is 3. The number of ether oxygens (including phenoxy) is 1. The third-order valence-electron chi connectivity index (χ3n) is 4.64. The molecule has 0 aliphatic carbocycles. The molecule has 0 spiro atoms. The van der Waals surface area contributed by atoms with E-state index in [9.17, 15) is 22.8 Å². The Morgan fingerprint density at radius 3 is 2.52 bits per heavy atom. The average Bonchev–Trinajstić information content (AvgIpc) is 3.23. The number of amides is 2. The van der Waals surface area contributed by atoms with Gasteiger partial charge in [0.25, 0.3) is 11.8 Å². The molecule has 0 atom stereocenters. The summed E-state index contributed by atoms with van der Waals surface area (Å²) in [6, 6.07) is 12.2. The molecule has 0 aliphatic rings. The molecule has 0 saturated carbocycles. The number of aromatic nitrogens is 2. The first kappa shape index (κ1) is 23.8. The number of carbonyl (C=O) groups is 2. The molecule has 1 heterocycles.